The molecule has 3 amide bonds. The van der Waals surface area contributed by atoms with Gasteiger partial charge in [0, 0.05) is 22.7 Å². The molecule has 1 aliphatic heterocycles. The molecule has 0 radical (unpaired) electrons. The van der Waals surface area contributed by atoms with Crippen molar-refractivity contribution < 1.29 is 14.4 Å². The molecule has 21 heavy (non-hydrogen) atoms. The number of hydrogen-bond acceptors (Lipinski definition) is 4. The zero-order valence-corrected chi connectivity index (χ0v) is 11.7. The Hall–Kier alpha value is -2.41. The van der Waals surface area contributed by atoms with Crippen molar-refractivity contribution in [3.8, 4) is 0 Å². The molecule has 7 heteroatoms. The molecule has 0 spiro atoms. The van der Waals surface area contributed by atoms with Crippen LogP contribution in [0.4, 0.5) is 5.69 Å². The SMILES string of the molecule is CC(C(=O)Nc1cc(C(N)=O)cc(C(N)=O)c1)C1CNC1. The first-order valence-corrected chi connectivity index (χ1v) is 6.64. The Bertz CT molecular complexity index is 564. The molecule has 1 fully saturated rings. The fourth-order valence-corrected chi connectivity index (χ4v) is 2.12. The number of benzene rings is 1. The molecular weight excluding hydrogens is 272 g/mol. The molecule has 1 aliphatic rings. The normalized spacial score (nSPS) is 15.9. The molecule has 0 aliphatic carbocycles. The van der Waals surface area contributed by atoms with Crippen LogP contribution in [-0.2, 0) is 4.79 Å². The minimum Gasteiger partial charge on any atom is -0.366 e. The summed E-state index contributed by atoms with van der Waals surface area (Å²) < 4.78 is 0. The number of primary amides is 2. The fraction of sp³-hybridized carbons (Fsp3) is 0.357. The van der Waals surface area contributed by atoms with E-state index in [9.17, 15) is 14.4 Å². The zero-order chi connectivity index (χ0) is 15.6. The van der Waals surface area contributed by atoms with Gasteiger partial charge in [-0.25, -0.2) is 0 Å². The maximum atomic E-state index is 12.1. The molecule has 1 aromatic rings. The largest absolute Gasteiger partial charge is 0.366 e. The van der Waals surface area contributed by atoms with Crippen LogP contribution >= 0.6 is 0 Å². The van der Waals surface area contributed by atoms with E-state index in [0.717, 1.165) is 13.1 Å². The lowest BCUT2D eigenvalue weighted by atomic mass is 9.88. The number of anilines is 1. The zero-order valence-electron chi connectivity index (χ0n) is 11.7. The van der Waals surface area contributed by atoms with Crippen LogP contribution in [0.15, 0.2) is 18.2 Å². The van der Waals surface area contributed by atoms with E-state index < -0.39 is 11.8 Å². The smallest absolute Gasteiger partial charge is 0.248 e. The lowest BCUT2D eigenvalue weighted by Crippen LogP contribution is -2.48. The maximum Gasteiger partial charge on any atom is 0.248 e. The van der Waals surface area contributed by atoms with E-state index in [1.807, 2.05) is 6.92 Å². The van der Waals surface area contributed by atoms with E-state index >= 15 is 0 Å². The van der Waals surface area contributed by atoms with Gasteiger partial charge < -0.3 is 22.1 Å². The monoisotopic (exact) mass is 290 g/mol. The van der Waals surface area contributed by atoms with E-state index in [0.29, 0.717) is 11.6 Å². The molecular formula is C14H18N4O3. The number of nitrogens with one attached hydrogen (secondary N) is 2. The lowest BCUT2D eigenvalue weighted by molar-refractivity contribution is -0.121. The molecule has 1 atom stereocenters. The second-order valence-corrected chi connectivity index (χ2v) is 5.22. The third-order valence-corrected chi connectivity index (χ3v) is 3.70. The Morgan fingerprint density at radius 3 is 2.05 bits per heavy atom. The second-order valence-electron chi connectivity index (χ2n) is 5.22. The number of carbonyl (C=O) groups excluding carboxylic acids is 3. The summed E-state index contributed by atoms with van der Waals surface area (Å²) in [4.78, 5) is 34.7. The molecule has 1 heterocycles. The third kappa shape index (κ3) is 3.38. The molecule has 112 valence electrons. The van der Waals surface area contributed by atoms with Crippen molar-refractivity contribution in [1.82, 2.24) is 5.32 Å². The highest BCUT2D eigenvalue weighted by Crippen LogP contribution is 2.20. The molecule has 6 N–H and O–H groups in total. The molecule has 1 saturated heterocycles. The third-order valence-electron chi connectivity index (χ3n) is 3.70. The van der Waals surface area contributed by atoms with Gasteiger partial charge in [0.25, 0.3) is 0 Å². The molecule has 1 unspecified atom stereocenters. The van der Waals surface area contributed by atoms with Crippen molar-refractivity contribution in [2.24, 2.45) is 23.3 Å². The first kappa shape index (κ1) is 15.0. The van der Waals surface area contributed by atoms with Gasteiger partial charge in [0.1, 0.15) is 0 Å². The Labute approximate surface area is 122 Å². The molecule has 0 saturated carbocycles. The van der Waals surface area contributed by atoms with E-state index in [4.69, 9.17) is 11.5 Å². The Kier molecular flexibility index (Phi) is 4.23. The standard InChI is InChI=1S/C14H18N4O3/c1-7(10-5-17-6-10)14(21)18-11-3-8(12(15)19)2-9(4-11)13(16)20/h2-4,7,10,17H,5-6H2,1H3,(H2,15,19)(H2,16,20)(H,18,21). The quantitative estimate of drug-likeness (QED) is 0.592. The highest BCUT2D eigenvalue weighted by atomic mass is 16.2. The van der Waals surface area contributed by atoms with Crippen molar-refractivity contribution in [1.29, 1.82) is 0 Å². The Morgan fingerprint density at radius 2 is 1.67 bits per heavy atom. The molecule has 2 rings (SSSR count). The molecule has 7 nitrogen and oxygen atoms in total. The van der Waals surface area contributed by atoms with Crippen LogP contribution in [0.5, 0.6) is 0 Å². The summed E-state index contributed by atoms with van der Waals surface area (Å²) in [7, 11) is 0. The van der Waals surface area contributed by atoms with Crippen molar-refractivity contribution in [3.05, 3.63) is 29.3 Å². The first-order valence-electron chi connectivity index (χ1n) is 6.64. The second kappa shape index (κ2) is 5.92. The van der Waals surface area contributed by atoms with Gasteiger partial charge in [-0.15, -0.1) is 0 Å². The average molecular weight is 290 g/mol. The van der Waals surface area contributed by atoms with Crippen LogP contribution in [-0.4, -0.2) is 30.8 Å². The lowest BCUT2D eigenvalue weighted by Gasteiger charge is -2.31. The molecule has 0 bridgehead atoms. The topological polar surface area (TPSA) is 127 Å². The van der Waals surface area contributed by atoms with Gasteiger partial charge in [-0.2, -0.15) is 0 Å². The van der Waals surface area contributed by atoms with Gasteiger partial charge in [0.05, 0.1) is 0 Å². The Balaban J connectivity index is 2.20. The predicted octanol–water partition coefficient (Wildman–Crippen LogP) is -0.322. The minimum absolute atomic E-state index is 0.125. The van der Waals surface area contributed by atoms with Gasteiger partial charge in [-0.3, -0.25) is 14.4 Å². The predicted molar refractivity (Wildman–Crippen MR) is 77.6 cm³/mol. The van der Waals surface area contributed by atoms with Crippen molar-refractivity contribution in [3.63, 3.8) is 0 Å². The van der Waals surface area contributed by atoms with Crippen LogP contribution < -0.4 is 22.1 Å². The van der Waals surface area contributed by atoms with Gasteiger partial charge in [0.15, 0.2) is 0 Å². The average Bonchev–Trinajstić information content (AvgIpc) is 2.35. The Morgan fingerprint density at radius 1 is 1.14 bits per heavy atom. The highest BCUT2D eigenvalue weighted by Gasteiger charge is 2.28. The summed E-state index contributed by atoms with van der Waals surface area (Å²) in [6, 6.07) is 4.16. The van der Waals surface area contributed by atoms with Gasteiger partial charge in [-0.1, -0.05) is 6.92 Å². The summed E-state index contributed by atoms with van der Waals surface area (Å²) >= 11 is 0. The maximum absolute atomic E-state index is 12.1. The molecule has 0 aromatic heterocycles. The van der Waals surface area contributed by atoms with Crippen LogP contribution in [0, 0.1) is 11.8 Å². The van der Waals surface area contributed by atoms with Gasteiger partial charge in [0.2, 0.25) is 17.7 Å². The molecule has 1 aromatic carbocycles. The number of amides is 3. The van der Waals surface area contributed by atoms with Crippen LogP contribution in [0.25, 0.3) is 0 Å². The number of hydrogen-bond donors (Lipinski definition) is 4. The van der Waals surface area contributed by atoms with Gasteiger partial charge >= 0.3 is 0 Å². The van der Waals surface area contributed by atoms with Crippen molar-refractivity contribution in [2.75, 3.05) is 18.4 Å². The summed E-state index contributed by atoms with van der Waals surface area (Å²) in [5, 5.41) is 5.81. The summed E-state index contributed by atoms with van der Waals surface area (Å²) in [6.45, 7) is 3.46. The van der Waals surface area contributed by atoms with Crippen LogP contribution in [0.3, 0.4) is 0 Å². The van der Waals surface area contributed by atoms with E-state index in [2.05, 4.69) is 10.6 Å². The first-order chi connectivity index (χ1) is 9.88. The van der Waals surface area contributed by atoms with Crippen molar-refractivity contribution >= 4 is 23.4 Å². The van der Waals surface area contributed by atoms with Crippen LogP contribution in [0.1, 0.15) is 27.6 Å². The number of carbonyl (C=O) groups is 3. The fourth-order valence-electron chi connectivity index (χ4n) is 2.12. The van der Waals surface area contributed by atoms with E-state index in [1.165, 1.54) is 18.2 Å². The van der Waals surface area contributed by atoms with Crippen LogP contribution in [0.2, 0.25) is 0 Å². The number of nitrogens with two attached hydrogens (primary N) is 2. The minimum atomic E-state index is -0.690. The van der Waals surface area contributed by atoms with E-state index in [1.54, 1.807) is 0 Å². The summed E-state index contributed by atoms with van der Waals surface area (Å²) in [6.07, 6.45) is 0. The summed E-state index contributed by atoms with van der Waals surface area (Å²) in [5.41, 5.74) is 11.0. The van der Waals surface area contributed by atoms with Crippen molar-refractivity contribution in [2.45, 2.75) is 6.92 Å². The van der Waals surface area contributed by atoms with Gasteiger partial charge in [-0.05, 0) is 37.2 Å². The number of rotatable bonds is 5. The summed E-state index contributed by atoms with van der Waals surface area (Å²) in [5.74, 6) is -1.42. The highest BCUT2D eigenvalue weighted by molar-refractivity contribution is 6.02. The van der Waals surface area contributed by atoms with E-state index in [-0.39, 0.29) is 23.0 Å².